The molecule has 0 saturated carbocycles. The quantitative estimate of drug-likeness (QED) is 0.530. The minimum Gasteiger partial charge on any atom is -0.347 e. The van der Waals surface area contributed by atoms with Crippen LogP contribution in [0.25, 0.3) is 0 Å². The van der Waals surface area contributed by atoms with Crippen LogP contribution in [0.2, 0.25) is 0 Å². The predicted molar refractivity (Wildman–Crippen MR) is 49.5 cm³/mol. The van der Waals surface area contributed by atoms with Crippen LogP contribution in [0.1, 0.15) is 24.6 Å². The third-order valence-corrected chi connectivity index (χ3v) is 2.49. The number of H-pyrrole nitrogens is 1. The predicted octanol–water partition coefficient (Wildman–Crippen LogP) is 0.00610. The second-order valence-corrected chi connectivity index (χ2v) is 3.44. The average Bonchev–Trinajstić information content (AvgIpc) is 2.69. The molecule has 0 aliphatic carbocycles. The Morgan fingerprint density at radius 2 is 2.40 bits per heavy atom. The van der Waals surface area contributed by atoms with Crippen molar-refractivity contribution in [1.82, 2.24) is 15.3 Å². The zero-order valence-electron chi connectivity index (χ0n) is 7.84. The number of carbonyl (C=O) groups excluding carboxylic acids is 1. The van der Waals surface area contributed by atoms with Crippen molar-refractivity contribution in [3.63, 3.8) is 0 Å². The first-order chi connectivity index (χ1) is 7.18. The molecule has 7 heteroatoms. The summed E-state index contributed by atoms with van der Waals surface area (Å²) in [5, 5.41) is 13.4. The van der Waals surface area contributed by atoms with E-state index < -0.39 is 12.1 Å². The molecule has 0 aromatic carbocycles. The first-order valence-corrected chi connectivity index (χ1v) is 4.59. The zero-order chi connectivity index (χ0) is 10.8. The minimum atomic E-state index is -0.775. The van der Waals surface area contributed by atoms with Crippen molar-refractivity contribution in [3.8, 4) is 0 Å². The largest absolute Gasteiger partial charge is 0.347 e. The molecule has 0 spiro atoms. The molecule has 1 aromatic rings. The summed E-state index contributed by atoms with van der Waals surface area (Å²) in [6.45, 7) is 0. The van der Waals surface area contributed by atoms with Gasteiger partial charge >= 0.3 is 0 Å². The molecule has 2 atom stereocenters. The van der Waals surface area contributed by atoms with Gasteiger partial charge in [0, 0.05) is 17.8 Å². The maximum atomic E-state index is 11.2. The van der Waals surface area contributed by atoms with Gasteiger partial charge in [-0.3, -0.25) is 14.9 Å². The molecule has 2 rings (SSSR count). The number of nitrogens with zero attached hydrogens (tertiary/aromatic N) is 2. The highest BCUT2D eigenvalue weighted by atomic mass is 16.6. The number of nitro groups is 1. The maximum Gasteiger partial charge on any atom is 0.239 e. The van der Waals surface area contributed by atoms with Gasteiger partial charge in [0.15, 0.2) is 0 Å². The highest BCUT2D eigenvalue weighted by Gasteiger charge is 2.38. The van der Waals surface area contributed by atoms with Crippen molar-refractivity contribution in [1.29, 1.82) is 0 Å². The van der Waals surface area contributed by atoms with E-state index in [9.17, 15) is 14.9 Å². The molecule has 0 bridgehead atoms. The number of hydrogen-bond donors (Lipinski definition) is 2. The smallest absolute Gasteiger partial charge is 0.239 e. The molecule has 1 amide bonds. The van der Waals surface area contributed by atoms with Gasteiger partial charge in [0.05, 0.1) is 18.2 Å². The van der Waals surface area contributed by atoms with Crippen LogP contribution < -0.4 is 5.32 Å². The minimum absolute atomic E-state index is 0.160. The van der Waals surface area contributed by atoms with Gasteiger partial charge in [-0.2, -0.15) is 0 Å². The van der Waals surface area contributed by atoms with Crippen LogP contribution in [0.3, 0.4) is 0 Å². The van der Waals surface area contributed by atoms with Crippen LogP contribution in [-0.4, -0.2) is 26.8 Å². The molecule has 15 heavy (non-hydrogen) atoms. The summed E-state index contributed by atoms with van der Waals surface area (Å²) < 4.78 is 0. The maximum absolute atomic E-state index is 11.2. The lowest BCUT2D eigenvalue weighted by molar-refractivity contribution is -0.529. The van der Waals surface area contributed by atoms with Gasteiger partial charge in [0.1, 0.15) is 6.04 Å². The third-order valence-electron chi connectivity index (χ3n) is 2.49. The monoisotopic (exact) mass is 210 g/mol. The molecule has 1 fully saturated rings. The van der Waals surface area contributed by atoms with Crippen LogP contribution in [0.5, 0.6) is 0 Å². The van der Waals surface area contributed by atoms with Crippen molar-refractivity contribution in [3.05, 3.63) is 28.3 Å². The molecule has 1 saturated heterocycles. The molecule has 2 heterocycles. The first kappa shape index (κ1) is 9.63. The van der Waals surface area contributed by atoms with Crippen molar-refractivity contribution >= 4 is 5.91 Å². The summed E-state index contributed by atoms with van der Waals surface area (Å²) in [5.41, 5.74) is 0.574. The number of carbonyl (C=O) groups is 1. The summed E-state index contributed by atoms with van der Waals surface area (Å²) in [5.74, 6) is -0.160. The van der Waals surface area contributed by atoms with Crippen molar-refractivity contribution in [2.24, 2.45) is 0 Å². The van der Waals surface area contributed by atoms with E-state index >= 15 is 0 Å². The molecule has 0 unspecified atom stereocenters. The van der Waals surface area contributed by atoms with Gasteiger partial charge in [-0.1, -0.05) is 0 Å². The second kappa shape index (κ2) is 3.68. The van der Waals surface area contributed by atoms with E-state index in [1.165, 1.54) is 12.5 Å². The Morgan fingerprint density at radius 1 is 1.60 bits per heavy atom. The van der Waals surface area contributed by atoms with E-state index in [4.69, 9.17) is 0 Å². The molecular formula is C8H10N4O3. The summed E-state index contributed by atoms with van der Waals surface area (Å²) in [6.07, 6.45) is 3.40. The third kappa shape index (κ3) is 1.80. The fourth-order valence-corrected chi connectivity index (χ4v) is 1.74. The molecule has 1 aliphatic rings. The number of hydrogen-bond acceptors (Lipinski definition) is 4. The van der Waals surface area contributed by atoms with E-state index in [1.807, 2.05) is 0 Å². The van der Waals surface area contributed by atoms with Gasteiger partial charge in [0.2, 0.25) is 11.9 Å². The second-order valence-electron chi connectivity index (χ2n) is 3.44. The van der Waals surface area contributed by atoms with Crippen LogP contribution in [0.4, 0.5) is 0 Å². The fraction of sp³-hybridized carbons (Fsp3) is 0.500. The van der Waals surface area contributed by atoms with Crippen LogP contribution >= 0.6 is 0 Å². The lowest BCUT2D eigenvalue weighted by atomic mass is 9.96. The number of nitrogens with one attached hydrogen (secondary N) is 2. The Balaban J connectivity index is 2.24. The summed E-state index contributed by atoms with van der Waals surface area (Å²) in [6, 6.07) is -1.37. The van der Waals surface area contributed by atoms with E-state index in [0.717, 1.165) is 0 Å². The molecule has 7 nitrogen and oxygen atoms in total. The topological polar surface area (TPSA) is 101 Å². The van der Waals surface area contributed by atoms with Crippen molar-refractivity contribution < 1.29 is 9.72 Å². The lowest BCUT2D eigenvalue weighted by Gasteiger charge is -2.25. The SMILES string of the molecule is O=C1CC[C@H]([N+](=O)[O-])[C@H](c2cnc[nH]2)N1. The summed E-state index contributed by atoms with van der Waals surface area (Å²) in [7, 11) is 0. The molecule has 1 aromatic heterocycles. The number of aromatic amines is 1. The summed E-state index contributed by atoms with van der Waals surface area (Å²) in [4.78, 5) is 28.2. The molecular weight excluding hydrogens is 200 g/mol. The van der Waals surface area contributed by atoms with Crippen LogP contribution in [0.15, 0.2) is 12.5 Å². The van der Waals surface area contributed by atoms with Gasteiger partial charge in [-0.05, 0) is 0 Å². The molecule has 1 aliphatic heterocycles. The van der Waals surface area contributed by atoms with E-state index in [-0.39, 0.29) is 23.7 Å². The summed E-state index contributed by atoms with van der Waals surface area (Å²) >= 11 is 0. The van der Waals surface area contributed by atoms with Crippen molar-refractivity contribution in [2.45, 2.75) is 24.9 Å². The number of imidazole rings is 1. The lowest BCUT2D eigenvalue weighted by Crippen LogP contribution is -2.45. The zero-order valence-corrected chi connectivity index (χ0v) is 7.84. The van der Waals surface area contributed by atoms with Gasteiger partial charge in [-0.15, -0.1) is 0 Å². The Kier molecular flexibility index (Phi) is 2.36. The Hall–Kier alpha value is -1.92. The molecule has 2 N–H and O–H groups in total. The van der Waals surface area contributed by atoms with E-state index in [0.29, 0.717) is 5.69 Å². The van der Waals surface area contributed by atoms with Crippen LogP contribution in [0, 0.1) is 10.1 Å². The van der Waals surface area contributed by atoms with Gasteiger partial charge in [-0.25, -0.2) is 4.98 Å². The normalized spacial score (nSPS) is 26.0. The molecule has 0 radical (unpaired) electrons. The average molecular weight is 210 g/mol. The van der Waals surface area contributed by atoms with Gasteiger partial charge in [0.25, 0.3) is 0 Å². The van der Waals surface area contributed by atoms with E-state index in [2.05, 4.69) is 15.3 Å². The van der Waals surface area contributed by atoms with Crippen molar-refractivity contribution in [2.75, 3.05) is 0 Å². The van der Waals surface area contributed by atoms with Crippen LogP contribution in [-0.2, 0) is 4.79 Å². The number of rotatable bonds is 2. The van der Waals surface area contributed by atoms with E-state index in [1.54, 1.807) is 0 Å². The first-order valence-electron chi connectivity index (χ1n) is 4.59. The highest BCUT2D eigenvalue weighted by Crippen LogP contribution is 2.24. The number of aromatic nitrogens is 2. The standard InChI is InChI=1S/C8H10N4O3/c13-7-2-1-6(12(14)15)8(11-7)5-3-9-4-10-5/h3-4,6,8H,1-2H2,(H,9,10)(H,11,13)/t6-,8-/m0/s1. The Morgan fingerprint density at radius 3 is 3.00 bits per heavy atom. The Bertz CT molecular complexity index is 375. The number of piperidine rings is 1. The highest BCUT2D eigenvalue weighted by molar-refractivity contribution is 5.77. The van der Waals surface area contributed by atoms with Gasteiger partial charge < -0.3 is 10.3 Å². The Labute approximate surface area is 85.0 Å². The molecule has 80 valence electrons. The number of amides is 1. The fourth-order valence-electron chi connectivity index (χ4n) is 1.74.